The van der Waals surface area contributed by atoms with E-state index in [1.54, 1.807) is 0 Å². The molecule has 1 aromatic rings. The lowest BCUT2D eigenvalue weighted by molar-refractivity contribution is 0.138. The molecule has 0 saturated heterocycles. The van der Waals surface area contributed by atoms with E-state index in [0.29, 0.717) is 6.04 Å². The molecule has 0 fully saturated rings. The third kappa shape index (κ3) is 5.03. The average Bonchev–Trinajstić information content (AvgIpc) is 2.36. The molecule has 1 rings (SSSR count). The van der Waals surface area contributed by atoms with E-state index in [9.17, 15) is 0 Å². The first-order chi connectivity index (χ1) is 8.65. The Bertz CT molecular complexity index is 373. The molecular formula is C16H25NO. The van der Waals surface area contributed by atoms with Crippen molar-refractivity contribution >= 4 is 0 Å². The second-order valence-corrected chi connectivity index (χ2v) is 4.71. The van der Waals surface area contributed by atoms with Gasteiger partial charge in [-0.05, 0) is 43.9 Å². The summed E-state index contributed by atoms with van der Waals surface area (Å²) in [5.74, 6) is 0. The van der Waals surface area contributed by atoms with Gasteiger partial charge in [0.05, 0.1) is 13.2 Å². The maximum atomic E-state index is 5.47. The van der Waals surface area contributed by atoms with Crippen LogP contribution in [0.15, 0.2) is 30.9 Å². The van der Waals surface area contributed by atoms with E-state index >= 15 is 0 Å². The lowest BCUT2D eigenvalue weighted by Crippen LogP contribution is -2.23. The smallest absolute Gasteiger partial charge is 0.0591 e. The van der Waals surface area contributed by atoms with Crippen molar-refractivity contribution in [1.29, 1.82) is 0 Å². The van der Waals surface area contributed by atoms with E-state index < -0.39 is 0 Å². The van der Waals surface area contributed by atoms with Crippen LogP contribution in [-0.4, -0.2) is 19.8 Å². The molecule has 0 aromatic heterocycles. The fourth-order valence-electron chi connectivity index (χ4n) is 1.77. The molecule has 0 aliphatic heterocycles. The quantitative estimate of drug-likeness (QED) is 0.560. The van der Waals surface area contributed by atoms with Gasteiger partial charge < -0.3 is 10.1 Å². The number of aryl methyl sites for hydroxylation is 2. The van der Waals surface area contributed by atoms with E-state index in [1.807, 2.05) is 6.08 Å². The Kier molecular flexibility index (Phi) is 6.69. The van der Waals surface area contributed by atoms with Crippen LogP contribution in [0.4, 0.5) is 0 Å². The maximum absolute atomic E-state index is 5.47. The molecule has 2 heteroatoms. The van der Waals surface area contributed by atoms with Gasteiger partial charge >= 0.3 is 0 Å². The normalized spacial score (nSPS) is 12.4. The average molecular weight is 247 g/mol. The molecule has 1 unspecified atom stereocenters. The lowest BCUT2D eigenvalue weighted by atomic mass is 10.0. The molecule has 18 heavy (non-hydrogen) atoms. The second kappa shape index (κ2) is 8.06. The van der Waals surface area contributed by atoms with Crippen LogP contribution in [0.2, 0.25) is 0 Å². The van der Waals surface area contributed by atoms with Crippen LogP contribution in [0.3, 0.4) is 0 Å². The van der Waals surface area contributed by atoms with Crippen LogP contribution in [0, 0.1) is 13.8 Å². The van der Waals surface area contributed by atoms with Crippen LogP contribution in [0.5, 0.6) is 0 Å². The highest BCUT2D eigenvalue weighted by molar-refractivity contribution is 5.31. The second-order valence-electron chi connectivity index (χ2n) is 4.71. The van der Waals surface area contributed by atoms with Gasteiger partial charge in [-0.2, -0.15) is 0 Å². The Hall–Kier alpha value is -1.12. The summed E-state index contributed by atoms with van der Waals surface area (Å²) >= 11 is 0. The van der Waals surface area contributed by atoms with Crippen molar-refractivity contribution < 1.29 is 4.74 Å². The van der Waals surface area contributed by atoms with Gasteiger partial charge in [-0.15, -0.1) is 6.58 Å². The van der Waals surface area contributed by atoms with Crippen LogP contribution in [0.25, 0.3) is 0 Å². The first-order valence-corrected chi connectivity index (χ1v) is 6.64. The summed E-state index contributed by atoms with van der Waals surface area (Å²) in [6.07, 6.45) is 2.80. The molecule has 100 valence electrons. The largest absolute Gasteiger partial charge is 0.380 e. The highest BCUT2D eigenvalue weighted by atomic mass is 16.5. The zero-order valence-electron chi connectivity index (χ0n) is 11.8. The summed E-state index contributed by atoms with van der Waals surface area (Å²) in [6.45, 7) is 12.6. The molecule has 2 nitrogen and oxygen atoms in total. The van der Waals surface area contributed by atoms with Crippen LogP contribution in [0.1, 0.15) is 36.1 Å². The van der Waals surface area contributed by atoms with Crippen molar-refractivity contribution in [3.05, 3.63) is 47.5 Å². The molecule has 0 spiro atoms. The van der Waals surface area contributed by atoms with Crippen molar-refractivity contribution in [2.75, 3.05) is 19.8 Å². The molecule has 0 radical (unpaired) electrons. The first-order valence-electron chi connectivity index (χ1n) is 6.64. The van der Waals surface area contributed by atoms with Gasteiger partial charge in [0.25, 0.3) is 0 Å². The van der Waals surface area contributed by atoms with E-state index in [2.05, 4.69) is 50.9 Å². The Morgan fingerprint density at radius 3 is 2.72 bits per heavy atom. The number of benzene rings is 1. The van der Waals surface area contributed by atoms with Crippen LogP contribution in [-0.2, 0) is 4.74 Å². The van der Waals surface area contributed by atoms with Crippen molar-refractivity contribution in [2.24, 2.45) is 0 Å². The van der Waals surface area contributed by atoms with Gasteiger partial charge in [-0.3, -0.25) is 0 Å². The monoisotopic (exact) mass is 247 g/mol. The van der Waals surface area contributed by atoms with Gasteiger partial charge in [-0.1, -0.05) is 24.3 Å². The van der Waals surface area contributed by atoms with Crippen LogP contribution >= 0.6 is 0 Å². The Morgan fingerprint density at radius 2 is 2.06 bits per heavy atom. The number of hydrogen-bond acceptors (Lipinski definition) is 2. The van der Waals surface area contributed by atoms with Gasteiger partial charge in [0.15, 0.2) is 0 Å². The molecule has 0 amide bonds. The van der Waals surface area contributed by atoms with Gasteiger partial charge in [0.1, 0.15) is 0 Å². The summed E-state index contributed by atoms with van der Waals surface area (Å²) in [4.78, 5) is 0. The highest BCUT2D eigenvalue weighted by Crippen LogP contribution is 2.16. The molecule has 0 aliphatic carbocycles. The van der Waals surface area contributed by atoms with Gasteiger partial charge in [0.2, 0.25) is 0 Å². The summed E-state index contributed by atoms with van der Waals surface area (Å²) < 4.78 is 5.47. The van der Waals surface area contributed by atoms with Crippen molar-refractivity contribution in [2.45, 2.75) is 33.2 Å². The molecule has 1 atom stereocenters. The molecule has 0 aliphatic rings. The minimum absolute atomic E-state index is 0.368. The molecule has 0 bridgehead atoms. The maximum Gasteiger partial charge on any atom is 0.0591 e. The number of rotatable bonds is 8. The van der Waals surface area contributed by atoms with Crippen molar-refractivity contribution in [1.82, 2.24) is 5.32 Å². The Morgan fingerprint density at radius 1 is 1.28 bits per heavy atom. The molecule has 1 N–H and O–H groups in total. The first kappa shape index (κ1) is 14.9. The minimum atomic E-state index is 0.368. The van der Waals surface area contributed by atoms with Crippen LogP contribution < -0.4 is 5.32 Å². The van der Waals surface area contributed by atoms with Gasteiger partial charge in [-0.25, -0.2) is 0 Å². The third-order valence-electron chi connectivity index (χ3n) is 3.19. The Balaban J connectivity index is 2.29. The van der Waals surface area contributed by atoms with Crippen molar-refractivity contribution in [3.63, 3.8) is 0 Å². The third-order valence-corrected chi connectivity index (χ3v) is 3.19. The number of hydrogen-bond donors (Lipinski definition) is 1. The fourth-order valence-corrected chi connectivity index (χ4v) is 1.77. The predicted octanol–water partition coefficient (Wildman–Crippen LogP) is 3.55. The zero-order chi connectivity index (χ0) is 13.4. The van der Waals surface area contributed by atoms with E-state index in [-0.39, 0.29) is 0 Å². The predicted molar refractivity (Wildman–Crippen MR) is 78.0 cm³/mol. The zero-order valence-corrected chi connectivity index (χ0v) is 11.8. The number of ether oxygens (including phenoxy) is 1. The SMILES string of the molecule is C=CCCOCCNC(C)c1ccc(C)c(C)c1. The number of nitrogens with one attached hydrogen (secondary N) is 1. The molecule has 0 saturated carbocycles. The van der Waals surface area contributed by atoms with Gasteiger partial charge in [0, 0.05) is 12.6 Å². The minimum Gasteiger partial charge on any atom is -0.380 e. The topological polar surface area (TPSA) is 21.3 Å². The molecular weight excluding hydrogens is 222 g/mol. The highest BCUT2D eigenvalue weighted by Gasteiger charge is 2.05. The summed E-state index contributed by atoms with van der Waals surface area (Å²) in [5, 5.41) is 3.47. The molecule has 0 heterocycles. The standard InChI is InChI=1S/C16H25NO/c1-5-6-10-18-11-9-17-15(4)16-8-7-13(2)14(3)12-16/h5,7-8,12,15,17H,1,6,9-11H2,2-4H3. The molecule has 1 aromatic carbocycles. The summed E-state index contributed by atoms with van der Waals surface area (Å²) in [6, 6.07) is 7.00. The Labute approximate surface area is 111 Å². The van der Waals surface area contributed by atoms with E-state index in [0.717, 1.165) is 26.2 Å². The fraction of sp³-hybridized carbons (Fsp3) is 0.500. The van der Waals surface area contributed by atoms with E-state index in [1.165, 1.54) is 16.7 Å². The van der Waals surface area contributed by atoms with E-state index in [4.69, 9.17) is 4.74 Å². The summed E-state index contributed by atoms with van der Waals surface area (Å²) in [5.41, 5.74) is 4.03. The summed E-state index contributed by atoms with van der Waals surface area (Å²) in [7, 11) is 0. The van der Waals surface area contributed by atoms with Crippen molar-refractivity contribution in [3.8, 4) is 0 Å². The lowest BCUT2D eigenvalue weighted by Gasteiger charge is -2.15.